The predicted molar refractivity (Wildman–Crippen MR) is 153 cm³/mol. The molecule has 0 spiro atoms. The Balaban J connectivity index is 1.24. The number of allylic oxidation sites excluding steroid dienone is 1. The van der Waals surface area contributed by atoms with E-state index in [1.807, 2.05) is 0 Å². The minimum absolute atomic E-state index is 0.0219. The summed E-state index contributed by atoms with van der Waals surface area (Å²) in [6.07, 6.45) is 18.0. The van der Waals surface area contributed by atoms with Crippen LogP contribution in [0.15, 0.2) is 11.6 Å². The molecule has 6 rings (SSSR count). The number of carbonyl (C=O) groups is 1. The first-order chi connectivity index (χ1) is 19.3. The van der Waals surface area contributed by atoms with Crippen molar-refractivity contribution in [2.45, 2.75) is 135 Å². The largest absolute Gasteiger partial charge is 0.469 e. The van der Waals surface area contributed by atoms with E-state index in [0.29, 0.717) is 41.4 Å². The van der Waals surface area contributed by atoms with Gasteiger partial charge in [0.05, 0.1) is 19.3 Å². The molecule has 0 aromatic rings. The van der Waals surface area contributed by atoms with E-state index < -0.39 is 0 Å². The van der Waals surface area contributed by atoms with Crippen molar-refractivity contribution in [3.63, 3.8) is 0 Å². The Morgan fingerprint density at radius 3 is 2.38 bits per heavy atom. The first kappa shape index (κ1) is 29.1. The lowest BCUT2D eigenvalue weighted by Crippen LogP contribution is -2.57. The normalized spacial score (nSPS) is 46.0. The Morgan fingerprint density at radius 2 is 1.70 bits per heavy atom. The van der Waals surface area contributed by atoms with Crippen molar-refractivity contribution in [3.05, 3.63) is 11.6 Å². The number of hydrogen-bond acceptors (Lipinski definition) is 6. The van der Waals surface area contributed by atoms with Crippen LogP contribution in [0.1, 0.15) is 111 Å². The maximum absolute atomic E-state index is 12.2. The Morgan fingerprint density at radius 1 is 0.975 bits per heavy atom. The van der Waals surface area contributed by atoms with Gasteiger partial charge in [0.1, 0.15) is 0 Å². The summed E-state index contributed by atoms with van der Waals surface area (Å²) in [7, 11) is 1.52. The number of carbonyl (C=O) groups excluding carboxylic acids is 1. The van der Waals surface area contributed by atoms with Crippen molar-refractivity contribution >= 4 is 5.97 Å². The second-order valence-electron chi connectivity index (χ2n) is 14.5. The molecular weight excluding hydrogens is 504 g/mol. The van der Waals surface area contributed by atoms with Crippen LogP contribution in [0.3, 0.4) is 0 Å². The number of methoxy groups -OCH3 is 1. The molecule has 2 heterocycles. The molecule has 5 fully saturated rings. The van der Waals surface area contributed by atoms with E-state index in [4.69, 9.17) is 23.7 Å². The molecule has 2 saturated heterocycles. The molecular formula is C34H54O6. The fraction of sp³-hybridized carbons (Fsp3) is 0.912. The Labute approximate surface area is 242 Å². The summed E-state index contributed by atoms with van der Waals surface area (Å²) in [5, 5.41) is 0. The van der Waals surface area contributed by atoms with Crippen molar-refractivity contribution in [1.29, 1.82) is 0 Å². The fourth-order valence-corrected chi connectivity index (χ4v) is 10.5. The number of ether oxygens (including phenoxy) is 5. The minimum atomic E-state index is -0.0919. The molecule has 0 N–H and O–H groups in total. The zero-order valence-corrected chi connectivity index (χ0v) is 25.5. The van der Waals surface area contributed by atoms with Crippen LogP contribution in [0.2, 0.25) is 0 Å². The highest BCUT2D eigenvalue weighted by Gasteiger charge is 2.62. The lowest BCUT2D eigenvalue weighted by atomic mass is 9.46. The van der Waals surface area contributed by atoms with E-state index in [0.717, 1.165) is 51.7 Å². The topological polar surface area (TPSA) is 63.2 Å². The highest BCUT2D eigenvalue weighted by Crippen LogP contribution is 2.67. The van der Waals surface area contributed by atoms with Crippen molar-refractivity contribution < 1.29 is 28.5 Å². The Kier molecular flexibility index (Phi) is 8.72. The molecule has 6 nitrogen and oxygen atoms in total. The van der Waals surface area contributed by atoms with Gasteiger partial charge in [-0.25, -0.2) is 0 Å². The van der Waals surface area contributed by atoms with Gasteiger partial charge in [0.2, 0.25) is 0 Å². The van der Waals surface area contributed by atoms with E-state index in [2.05, 4.69) is 26.8 Å². The Hall–Kier alpha value is -0.950. The van der Waals surface area contributed by atoms with Crippen molar-refractivity contribution in [3.8, 4) is 0 Å². The number of hydrogen-bond donors (Lipinski definition) is 0. The molecule has 0 amide bonds. The van der Waals surface area contributed by atoms with E-state index in [1.54, 1.807) is 5.57 Å². The van der Waals surface area contributed by atoms with E-state index >= 15 is 0 Å². The molecule has 0 aromatic carbocycles. The monoisotopic (exact) mass is 558 g/mol. The van der Waals surface area contributed by atoms with E-state index in [1.165, 1.54) is 52.1 Å². The second kappa shape index (κ2) is 12.0. The summed E-state index contributed by atoms with van der Waals surface area (Å²) in [6.45, 7) is 9.00. The van der Waals surface area contributed by atoms with Gasteiger partial charge in [0.25, 0.3) is 0 Å². The predicted octanol–water partition coefficient (Wildman–Crippen LogP) is 7.20. The van der Waals surface area contributed by atoms with Gasteiger partial charge in [-0.3, -0.25) is 4.79 Å². The summed E-state index contributed by atoms with van der Waals surface area (Å²) >= 11 is 0. The summed E-state index contributed by atoms with van der Waals surface area (Å²) in [5.41, 5.74) is 1.89. The fourth-order valence-electron chi connectivity index (χ4n) is 10.5. The van der Waals surface area contributed by atoms with Crippen LogP contribution in [-0.4, -0.2) is 51.1 Å². The average molecular weight is 559 g/mol. The highest BCUT2D eigenvalue weighted by molar-refractivity contribution is 5.69. The van der Waals surface area contributed by atoms with Gasteiger partial charge in [-0.2, -0.15) is 0 Å². The van der Waals surface area contributed by atoms with Gasteiger partial charge in [0, 0.05) is 31.5 Å². The van der Waals surface area contributed by atoms with Crippen molar-refractivity contribution in [1.82, 2.24) is 0 Å². The number of esters is 1. The standard InChI is InChI=1S/C34H54O6/c1-22(19-30(35)36-4)26-13-14-27-25-12-11-23-20-24(39-31-9-5-7-17-37-31)21-29(40-32-10-6-8-18-38-32)34(23,3)28(25)15-16-33(26,27)2/h11,22,24-29,31-32H,5-10,12-21H2,1-4H3/t22-,24+,25-,26+,27-,28-,29-,31?,32?,33+,34-/m0/s1. The number of rotatable bonds is 7. The van der Waals surface area contributed by atoms with Crippen LogP contribution < -0.4 is 0 Å². The lowest BCUT2D eigenvalue weighted by molar-refractivity contribution is -0.248. The molecule has 6 heteroatoms. The lowest BCUT2D eigenvalue weighted by Gasteiger charge is -2.60. The van der Waals surface area contributed by atoms with Crippen molar-refractivity contribution in [2.24, 2.45) is 40.4 Å². The molecule has 0 bridgehead atoms. The maximum Gasteiger partial charge on any atom is 0.305 e. The molecule has 226 valence electrons. The molecule has 2 unspecified atom stereocenters. The minimum Gasteiger partial charge on any atom is -0.469 e. The molecule has 0 radical (unpaired) electrons. The average Bonchev–Trinajstić information content (AvgIpc) is 3.32. The van der Waals surface area contributed by atoms with Gasteiger partial charge < -0.3 is 23.7 Å². The van der Waals surface area contributed by atoms with Gasteiger partial charge in [-0.05, 0) is 112 Å². The second-order valence-corrected chi connectivity index (χ2v) is 14.5. The van der Waals surface area contributed by atoms with Crippen LogP contribution in [-0.2, 0) is 28.5 Å². The van der Waals surface area contributed by atoms with Crippen LogP contribution in [0.25, 0.3) is 0 Å². The summed E-state index contributed by atoms with van der Waals surface area (Å²) < 4.78 is 30.8. The highest BCUT2D eigenvalue weighted by atomic mass is 16.7. The van der Waals surface area contributed by atoms with Crippen LogP contribution in [0.5, 0.6) is 0 Å². The Bertz CT molecular complexity index is 921. The SMILES string of the molecule is COC(=O)C[C@H](C)[C@H]1CC[C@H]2[C@@H]3CC=C4C[C@@H](OC5CCCCO5)C[C@H](OC5CCCCO5)[C@]4(C)[C@H]3CC[C@]12C. The van der Waals surface area contributed by atoms with Gasteiger partial charge >= 0.3 is 5.97 Å². The summed E-state index contributed by atoms with van der Waals surface area (Å²) in [6, 6.07) is 0. The zero-order valence-electron chi connectivity index (χ0n) is 25.5. The molecule has 4 aliphatic carbocycles. The van der Waals surface area contributed by atoms with E-state index in [-0.39, 0.29) is 36.2 Å². The smallest absolute Gasteiger partial charge is 0.305 e. The van der Waals surface area contributed by atoms with E-state index in [9.17, 15) is 4.79 Å². The van der Waals surface area contributed by atoms with Gasteiger partial charge in [-0.1, -0.05) is 32.4 Å². The number of fused-ring (bicyclic) bond motifs is 5. The van der Waals surface area contributed by atoms with Crippen LogP contribution in [0, 0.1) is 40.4 Å². The molecule has 3 saturated carbocycles. The first-order valence-electron chi connectivity index (χ1n) is 16.6. The maximum atomic E-state index is 12.2. The zero-order chi connectivity index (χ0) is 27.9. The first-order valence-corrected chi connectivity index (χ1v) is 16.6. The third-order valence-corrected chi connectivity index (χ3v) is 12.5. The third kappa shape index (κ3) is 5.33. The molecule has 2 aliphatic heterocycles. The quantitative estimate of drug-likeness (QED) is 0.243. The molecule has 0 aromatic heterocycles. The van der Waals surface area contributed by atoms with Crippen LogP contribution in [0.4, 0.5) is 0 Å². The van der Waals surface area contributed by atoms with Gasteiger partial charge in [0.15, 0.2) is 12.6 Å². The van der Waals surface area contributed by atoms with Crippen molar-refractivity contribution in [2.75, 3.05) is 20.3 Å². The third-order valence-electron chi connectivity index (χ3n) is 12.5. The summed E-state index contributed by atoms with van der Waals surface area (Å²) in [5.74, 6) is 2.92. The summed E-state index contributed by atoms with van der Waals surface area (Å²) in [4.78, 5) is 12.2. The molecule has 6 aliphatic rings. The van der Waals surface area contributed by atoms with Gasteiger partial charge in [-0.15, -0.1) is 0 Å². The molecule has 11 atom stereocenters. The molecule has 40 heavy (non-hydrogen) atoms. The van der Waals surface area contributed by atoms with Crippen LogP contribution >= 0.6 is 0 Å².